The molecule has 2 amide bonds. The van der Waals surface area contributed by atoms with Gasteiger partial charge in [-0.25, -0.2) is 8.42 Å². The lowest BCUT2D eigenvalue weighted by atomic mass is 9.69. The monoisotopic (exact) mass is 436 g/mol. The third-order valence-corrected chi connectivity index (χ3v) is 8.69. The second kappa shape index (κ2) is 8.73. The molecule has 0 N–H and O–H groups in total. The second-order valence-electron chi connectivity index (χ2n) is 9.27. The van der Waals surface area contributed by atoms with Crippen LogP contribution in [-0.2, 0) is 15.5 Å². The summed E-state index contributed by atoms with van der Waals surface area (Å²) in [5, 5.41) is -0.173. The van der Waals surface area contributed by atoms with Crippen LogP contribution in [0.1, 0.15) is 69.3 Å². The summed E-state index contributed by atoms with van der Waals surface area (Å²) in [7, 11) is -2.33. The van der Waals surface area contributed by atoms with Gasteiger partial charge in [0.15, 0.2) is 5.76 Å². The number of nitrogens with zero attached hydrogens (tertiary/aromatic N) is 2. The number of fused-ring (bicyclic) bond motifs is 1. The van der Waals surface area contributed by atoms with Gasteiger partial charge in [-0.05, 0) is 75.8 Å². The number of hydrogen-bond acceptors (Lipinski definition) is 5. The smallest absolute Gasteiger partial charge is 0.289 e. The number of piperazine rings is 1. The molecule has 1 aromatic heterocycles. The van der Waals surface area contributed by atoms with E-state index in [2.05, 4.69) is 0 Å². The van der Waals surface area contributed by atoms with Crippen LogP contribution in [0.4, 0.5) is 0 Å². The molecule has 166 valence electrons. The summed E-state index contributed by atoms with van der Waals surface area (Å²) in [5.74, 6) is 1.28. The van der Waals surface area contributed by atoms with E-state index in [4.69, 9.17) is 4.42 Å². The number of thiol groups is 1. The van der Waals surface area contributed by atoms with Crippen molar-refractivity contribution in [2.75, 3.05) is 6.54 Å². The molecule has 30 heavy (non-hydrogen) atoms. The number of furan rings is 1. The predicted molar refractivity (Wildman–Crippen MR) is 113 cm³/mol. The lowest BCUT2D eigenvalue weighted by Crippen LogP contribution is -2.67. The van der Waals surface area contributed by atoms with Crippen molar-refractivity contribution in [1.82, 2.24) is 9.80 Å². The zero-order chi connectivity index (χ0) is 21.4. The van der Waals surface area contributed by atoms with Gasteiger partial charge in [0.2, 0.25) is 5.91 Å². The first kappa shape index (κ1) is 21.4. The average molecular weight is 437 g/mol. The van der Waals surface area contributed by atoms with Gasteiger partial charge in [-0.2, -0.15) is 0 Å². The normalized spacial score (nSPS) is 34.6. The van der Waals surface area contributed by atoms with E-state index in [9.17, 15) is 18.0 Å². The van der Waals surface area contributed by atoms with Crippen molar-refractivity contribution < 1.29 is 22.4 Å². The standard InChI is InChI=1S/C22H32N2O5S/c1-14-13-23(22(26)21-4-3-11-29-21)20-12-17(7-10-19(20)24(14)15(2)25)16-5-8-18(9-6-16)30(27)28/h3-4,11,14,16-20,30H,5-10,12-13H2,1-2H3/t14-,16?,17?,18?,19?,20?/m0/s1. The van der Waals surface area contributed by atoms with Gasteiger partial charge < -0.3 is 14.2 Å². The molecule has 3 unspecified atom stereocenters. The van der Waals surface area contributed by atoms with Gasteiger partial charge >= 0.3 is 0 Å². The van der Waals surface area contributed by atoms with Crippen molar-refractivity contribution in [2.45, 2.75) is 82.2 Å². The van der Waals surface area contributed by atoms with E-state index in [1.54, 1.807) is 19.1 Å². The summed E-state index contributed by atoms with van der Waals surface area (Å²) < 4.78 is 28.1. The Morgan fingerprint density at radius 1 is 1.03 bits per heavy atom. The Bertz CT molecular complexity index is 836. The van der Waals surface area contributed by atoms with Crippen LogP contribution in [0.2, 0.25) is 0 Å². The molecule has 2 heterocycles. The van der Waals surface area contributed by atoms with Crippen LogP contribution in [0.15, 0.2) is 22.8 Å². The Morgan fingerprint density at radius 3 is 2.33 bits per heavy atom. The van der Waals surface area contributed by atoms with Gasteiger partial charge in [-0.3, -0.25) is 9.59 Å². The zero-order valence-electron chi connectivity index (χ0n) is 17.7. The van der Waals surface area contributed by atoms with Crippen molar-refractivity contribution >= 4 is 22.5 Å². The van der Waals surface area contributed by atoms with Gasteiger partial charge in [-0.15, -0.1) is 0 Å². The second-order valence-corrected chi connectivity index (χ2v) is 10.6. The Hall–Kier alpha value is -1.83. The first-order chi connectivity index (χ1) is 14.4. The van der Waals surface area contributed by atoms with Crippen LogP contribution < -0.4 is 0 Å². The average Bonchev–Trinajstić information content (AvgIpc) is 3.27. The Balaban J connectivity index is 1.54. The molecular weight excluding hydrogens is 404 g/mol. The maximum absolute atomic E-state index is 13.2. The summed E-state index contributed by atoms with van der Waals surface area (Å²) in [6.07, 6.45) is 7.68. The fourth-order valence-electron chi connectivity index (χ4n) is 6.19. The molecule has 0 spiro atoms. The summed E-state index contributed by atoms with van der Waals surface area (Å²) in [6.45, 7) is 4.14. The maximum Gasteiger partial charge on any atom is 0.289 e. The van der Waals surface area contributed by atoms with Crippen molar-refractivity contribution in [1.29, 1.82) is 0 Å². The number of hydrogen-bond donors (Lipinski definition) is 1. The lowest BCUT2D eigenvalue weighted by molar-refractivity contribution is -0.142. The number of carbonyl (C=O) groups excluding carboxylic acids is 2. The highest BCUT2D eigenvalue weighted by Crippen LogP contribution is 2.43. The minimum Gasteiger partial charge on any atom is -0.459 e. The molecule has 1 aromatic rings. The molecule has 3 fully saturated rings. The highest BCUT2D eigenvalue weighted by molar-refractivity contribution is 7.73. The molecule has 4 atom stereocenters. The molecule has 8 heteroatoms. The highest BCUT2D eigenvalue weighted by Gasteiger charge is 2.48. The first-order valence-corrected chi connectivity index (χ1v) is 12.4. The fraction of sp³-hybridized carbons (Fsp3) is 0.727. The first-order valence-electron chi connectivity index (χ1n) is 11.1. The summed E-state index contributed by atoms with van der Waals surface area (Å²) in [6, 6.07) is 3.42. The van der Waals surface area contributed by atoms with E-state index in [-0.39, 0.29) is 35.2 Å². The fourth-order valence-corrected chi connectivity index (χ4v) is 6.91. The molecule has 0 radical (unpaired) electrons. The quantitative estimate of drug-likeness (QED) is 0.736. The number of amides is 2. The zero-order valence-corrected chi connectivity index (χ0v) is 18.6. The number of rotatable bonds is 3. The van der Waals surface area contributed by atoms with Crippen LogP contribution in [0.5, 0.6) is 0 Å². The molecular formula is C22H32N2O5S. The van der Waals surface area contributed by atoms with Crippen LogP contribution in [0, 0.1) is 11.8 Å². The summed E-state index contributed by atoms with van der Waals surface area (Å²) >= 11 is 0. The van der Waals surface area contributed by atoms with E-state index in [0.29, 0.717) is 24.1 Å². The van der Waals surface area contributed by atoms with Crippen LogP contribution in [0.25, 0.3) is 0 Å². The minimum absolute atomic E-state index is 0.0182. The largest absolute Gasteiger partial charge is 0.459 e. The Kier molecular flexibility index (Phi) is 6.23. The Morgan fingerprint density at radius 2 is 1.73 bits per heavy atom. The van der Waals surface area contributed by atoms with E-state index in [1.165, 1.54) is 6.26 Å². The van der Waals surface area contributed by atoms with Crippen molar-refractivity contribution in [3.8, 4) is 0 Å². The van der Waals surface area contributed by atoms with Gasteiger partial charge in [0, 0.05) is 19.5 Å². The van der Waals surface area contributed by atoms with Crippen LogP contribution >= 0.6 is 0 Å². The minimum atomic E-state index is -2.33. The third-order valence-electron chi connectivity index (χ3n) is 7.58. The Labute approximate surface area is 179 Å². The lowest BCUT2D eigenvalue weighted by Gasteiger charge is -2.54. The van der Waals surface area contributed by atoms with E-state index in [1.807, 2.05) is 16.7 Å². The third kappa shape index (κ3) is 4.03. The highest BCUT2D eigenvalue weighted by atomic mass is 32.2. The van der Waals surface area contributed by atoms with Gasteiger partial charge in [-0.1, -0.05) is 0 Å². The maximum atomic E-state index is 13.2. The van der Waals surface area contributed by atoms with Crippen LogP contribution in [0.3, 0.4) is 0 Å². The SMILES string of the molecule is CC(=O)N1C2CCC(C3CCC([SH](=O)=O)CC3)CC2N(C(=O)c2ccco2)C[C@@H]1C. The molecule has 1 aliphatic heterocycles. The van der Waals surface area contributed by atoms with Gasteiger partial charge in [0.05, 0.1) is 23.6 Å². The summed E-state index contributed by atoms with van der Waals surface area (Å²) in [5.41, 5.74) is 0. The van der Waals surface area contributed by atoms with E-state index in [0.717, 1.165) is 44.9 Å². The van der Waals surface area contributed by atoms with E-state index < -0.39 is 10.7 Å². The molecule has 7 nitrogen and oxygen atoms in total. The van der Waals surface area contributed by atoms with E-state index >= 15 is 0 Å². The predicted octanol–water partition coefficient (Wildman–Crippen LogP) is 2.68. The van der Waals surface area contributed by atoms with Gasteiger partial charge in [0.1, 0.15) is 10.7 Å². The van der Waals surface area contributed by atoms with Crippen molar-refractivity contribution in [3.05, 3.63) is 24.2 Å². The van der Waals surface area contributed by atoms with Crippen molar-refractivity contribution in [2.24, 2.45) is 11.8 Å². The van der Waals surface area contributed by atoms with Crippen LogP contribution in [-0.4, -0.2) is 60.0 Å². The molecule has 0 bridgehead atoms. The number of carbonyl (C=O) groups is 2. The molecule has 0 aromatic carbocycles. The molecule has 2 saturated carbocycles. The molecule has 4 rings (SSSR count). The molecule has 2 aliphatic carbocycles. The molecule has 1 saturated heterocycles. The molecule has 3 aliphatic rings. The topological polar surface area (TPSA) is 87.9 Å². The summed E-state index contributed by atoms with van der Waals surface area (Å²) in [4.78, 5) is 29.5. The van der Waals surface area contributed by atoms with Crippen molar-refractivity contribution in [3.63, 3.8) is 0 Å². The van der Waals surface area contributed by atoms with Gasteiger partial charge in [0.25, 0.3) is 5.91 Å².